The van der Waals surface area contributed by atoms with Crippen molar-refractivity contribution in [3.8, 4) is 0 Å². The highest BCUT2D eigenvalue weighted by Crippen LogP contribution is 2.07. The normalized spacial score (nSPS) is 10.4. The summed E-state index contributed by atoms with van der Waals surface area (Å²) in [7, 11) is 0. The van der Waals surface area contributed by atoms with Crippen LogP contribution in [0.2, 0.25) is 0 Å². The van der Waals surface area contributed by atoms with Gasteiger partial charge in [0.25, 0.3) is 5.91 Å². The minimum atomic E-state index is -0.399. The number of hydrogen-bond donors (Lipinski definition) is 2. The van der Waals surface area contributed by atoms with Crippen molar-refractivity contribution in [1.29, 1.82) is 0 Å². The lowest BCUT2D eigenvalue weighted by Gasteiger charge is -2.08. The molecule has 7 heteroatoms. The molecule has 22 heavy (non-hydrogen) atoms. The number of carbonyl (C=O) groups is 1. The van der Waals surface area contributed by atoms with Crippen LogP contribution in [0.5, 0.6) is 0 Å². The van der Waals surface area contributed by atoms with E-state index in [1.165, 1.54) is 29.5 Å². The number of carbonyl (C=O) groups excluding carboxylic acids is 1. The largest absolute Gasteiger partial charge is 0.326 e. The van der Waals surface area contributed by atoms with E-state index in [2.05, 4.69) is 20.3 Å². The Morgan fingerprint density at radius 1 is 1.18 bits per heavy atom. The van der Waals surface area contributed by atoms with E-state index < -0.39 is 5.91 Å². The summed E-state index contributed by atoms with van der Waals surface area (Å²) >= 11 is 0. The first-order chi connectivity index (χ1) is 10.7. The summed E-state index contributed by atoms with van der Waals surface area (Å²) in [6.07, 6.45) is 5.73. The van der Waals surface area contributed by atoms with Gasteiger partial charge >= 0.3 is 5.69 Å². The molecule has 0 aliphatic rings. The molecule has 0 saturated heterocycles. The third kappa shape index (κ3) is 2.93. The summed E-state index contributed by atoms with van der Waals surface area (Å²) in [5, 5.41) is 2.65. The number of hydrogen-bond acceptors (Lipinski definition) is 4. The molecule has 0 saturated carbocycles. The molecule has 1 aromatic carbocycles. The molecule has 1 amide bonds. The molecule has 0 spiro atoms. The first-order valence-electron chi connectivity index (χ1n) is 6.62. The number of imidazole rings is 1. The van der Waals surface area contributed by atoms with Crippen LogP contribution < -0.4 is 11.0 Å². The van der Waals surface area contributed by atoms with E-state index in [-0.39, 0.29) is 11.4 Å². The van der Waals surface area contributed by atoms with E-state index in [9.17, 15) is 9.59 Å². The van der Waals surface area contributed by atoms with Crippen molar-refractivity contribution in [2.75, 3.05) is 5.32 Å². The molecule has 0 bridgehead atoms. The number of nitrogens with one attached hydrogen (secondary N) is 2. The average molecular weight is 295 g/mol. The minimum Gasteiger partial charge on any atom is -0.318 e. The monoisotopic (exact) mass is 295 g/mol. The van der Waals surface area contributed by atoms with Crippen LogP contribution in [0, 0.1) is 0 Å². The molecule has 0 aliphatic heterocycles. The highest BCUT2D eigenvalue weighted by molar-refractivity contribution is 6.02. The topological polar surface area (TPSA) is 92.7 Å². The molecule has 0 aliphatic carbocycles. The van der Waals surface area contributed by atoms with Crippen molar-refractivity contribution in [2.45, 2.75) is 6.54 Å². The molecule has 2 heterocycles. The van der Waals surface area contributed by atoms with Crippen LogP contribution >= 0.6 is 0 Å². The van der Waals surface area contributed by atoms with Gasteiger partial charge in [-0.3, -0.25) is 9.36 Å². The van der Waals surface area contributed by atoms with Crippen molar-refractivity contribution in [2.24, 2.45) is 0 Å². The number of anilines is 1. The molecule has 0 atom stereocenters. The summed E-state index contributed by atoms with van der Waals surface area (Å²) in [6, 6.07) is 9.45. The second kappa shape index (κ2) is 6.04. The molecule has 2 N–H and O–H groups in total. The lowest BCUT2D eigenvalue weighted by Crippen LogP contribution is -2.24. The fraction of sp³-hybridized carbons (Fsp3) is 0.0667. The third-order valence-electron chi connectivity index (χ3n) is 3.10. The van der Waals surface area contributed by atoms with Gasteiger partial charge in [-0.05, 0) is 5.56 Å². The molecule has 7 nitrogen and oxygen atoms in total. The Hall–Kier alpha value is -3.22. The summed E-state index contributed by atoms with van der Waals surface area (Å²) in [5.41, 5.74) is 1.31. The predicted octanol–water partition coefficient (Wildman–Crippen LogP) is 1.27. The van der Waals surface area contributed by atoms with E-state index >= 15 is 0 Å². The van der Waals surface area contributed by atoms with Crippen molar-refractivity contribution >= 4 is 11.6 Å². The Morgan fingerprint density at radius 3 is 2.64 bits per heavy atom. The van der Waals surface area contributed by atoms with Gasteiger partial charge < -0.3 is 10.3 Å². The second-order valence-corrected chi connectivity index (χ2v) is 4.63. The number of benzene rings is 1. The molecule has 110 valence electrons. The Kier molecular flexibility index (Phi) is 3.78. The fourth-order valence-corrected chi connectivity index (χ4v) is 2.07. The van der Waals surface area contributed by atoms with E-state index in [0.717, 1.165) is 5.56 Å². The van der Waals surface area contributed by atoms with Gasteiger partial charge in [0.1, 0.15) is 12.0 Å². The van der Waals surface area contributed by atoms with Crippen molar-refractivity contribution in [3.63, 3.8) is 0 Å². The Labute approximate surface area is 125 Å². The highest BCUT2D eigenvalue weighted by atomic mass is 16.2. The molecule has 2 aromatic heterocycles. The van der Waals surface area contributed by atoms with Gasteiger partial charge in [-0.15, -0.1) is 0 Å². The second-order valence-electron chi connectivity index (χ2n) is 4.63. The van der Waals surface area contributed by atoms with Crippen LogP contribution in [-0.4, -0.2) is 25.4 Å². The predicted molar refractivity (Wildman–Crippen MR) is 80.6 cm³/mol. The Bertz CT molecular complexity index is 824. The maximum Gasteiger partial charge on any atom is 0.326 e. The lowest BCUT2D eigenvalue weighted by atomic mass is 10.2. The average Bonchev–Trinajstić information content (AvgIpc) is 2.90. The maximum atomic E-state index is 12.3. The molecule has 0 radical (unpaired) electrons. The zero-order valence-electron chi connectivity index (χ0n) is 11.6. The van der Waals surface area contributed by atoms with Crippen molar-refractivity contribution in [3.05, 3.63) is 77.0 Å². The van der Waals surface area contributed by atoms with Crippen LogP contribution in [0.25, 0.3) is 0 Å². The van der Waals surface area contributed by atoms with Crippen molar-refractivity contribution < 1.29 is 4.79 Å². The quantitative estimate of drug-likeness (QED) is 0.758. The van der Waals surface area contributed by atoms with E-state index in [1.807, 2.05) is 30.3 Å². The number of rotatable bonds is 4. The number of aromatic amines is 1. The summed E-state index contributed by atoms with van der Waals surface area (Å²) < 4.78 is 1.38. The molecular weight excluding hydrogens is 282 g/mol. The maximum absolute atomic E-state index is 12.3. The minimum absolute atomic E-state index is 0.248. The van der Waals surface area contributed by atoms with Gasteiger partial charge in [0.15, 0.2) is 0 Å². The number of aromatic nitrogens is 4. The number of amides is 1. The van der Waals surface area contributed by atoms with E-state index in [1.54, 1.807) is 0 Å². The highest BCUT2D eigenvalue weighted by Gasteiger charge is 2.15. The molecular formula is C15H13N5O2. The van der Waals surface area contributed by atoms with E-state index in [4.69, 9.17) is 0 Å². The van der Waals surface area contributed by atoms with Crippen LogP contribution in [0.4, 0.5) is 5.69 Å². The summed E-state index contributed by atoms with van der Waals surface area (Å²) in [6.45, 7) is 0.317. The van der Waals surface area contributed by atoms with Gasteiger partial charge in [0.2, 0.25) is 0 Å². The first-order valence-corrected chi connectivity index (χ1v) is 6.62. The summed E-state index contributed by atoms with van der Waals surface area (Å²) in [5.74, 6) is -0.399. The summed E-state index contributed by atoms with van der Waals surface area (Å²) in [4.78, 5) is 34.4. The zero-order chi connectivity index (χ0) is 15.4. The smallest absolute Gasteiger partial charge is 0.318 e. The lowest BCUT2D eigenvalue weighted by molar-refractivity contribution is 0.101. The van der Waals surface area contributed by atoms with Gasteiger partial charge in [-0.2, -0.15) is 0 Å². The molecule has 3 rings (SSSR count). The van der Waals surface area contributed by atoms with Gasteiger partial charge in [0.05, 0.1) is 24.6 Å². The van der Waals surface area contributed by atoms with Crippen molar-refractivity contribution in [1.82, 2.24) is 19.5 Å². The first kappa shape index (κ1) is 13.7. The molecule has 0 unspecified atom stereocenters. The van der Waals surface area contributed by atoms with Crippen LogP contribution in [0.15, 0.2) is 60.0 Å². The van der Waals surface area contributed by atoms with Gasteiger partial charge in [-0.1, -0.05) is 30.3 Å². The van der Waals surface area contributed by atoms with Gasteiger partial charge in [0, 0.05) is 6.20 Å². The van der Waals surface area contributed by atoms with Gasteiger partial charge in [-0.25, -0.2) is 14.8 Å². The SMILES string of the molecule is O=C(Nc1cncnc1)c1c[nH]c(=O)n1Cc1ccccc1. The fourth-order valence-electron chi connectivity index (χ4n) is 2.07. The third-order valence-corrected chi connectivity index (χ3v) is 3.10. The van der Waals surface area contributed by atoms with Crippen LogP contribution in [0.3, 0.4) is 0 Å². The number of H-pyrrole nitrogens is 1. The molecule has 3 aromatic rings. The van der Waals surface area contributed by atoms with E-state index in [0.29, 0.717) is 12.2 Å². The van der Waals surface area contributed by atoms with Crippen LogP contribution in [-0.2, 0) is 6.54 Å². The molecule has 0 fully saturated rings. The Balaban J connectivity index is 1.85. The standard InChI is InChI=1S/C15H13N5O2/c21-14(19-12-6-16-10-17-7-12)13-8-18-15(22)20(13)9-11-4-2-1-3-5-11/h1-8,10H,9H2,(H,18,22)(H,19,21). The Morgan fingerprint density at radius 2 is 1.91 bits per heavy atom. The zero-order valence-corrected chi connectivity index (χ0v) is 11.6. The number of nitrogens with zero attached hydrogens (tertiary/aromatic N) is 3. The van der Waals surface area contributed by atoms with Crippen LogP contribution in [0.1, 0.15) is 16.1 Å².